The summed E-state index contributed by atoms with van der Waals surface area (Å²) in [6.45, 7) is 2.73. The van der Waals surface area contributed by atoms with Gasteiger partial charge in [-0.2, -0.15) is 0 Å². The predicted octanol–water partition coefficient (Wildman–Crippen LogP) is 3.63. The van der Waals surface area contributed by atoms with E-state index in [1.54, 1.807) is 6.07 Å². The van der Waals surface area contributed by atoms with E-state index in [1.165, 1.54) is 6.07 Å². The van der Waals surface area contributed by atoms with Crippen molar-refractivity contribution < 1.29 is 4.39 Å². The molecule has 0 aliphatic rings. The van der Waals surface area contributed by atoms with Crippen LogP contribution in [-0.2, 0) is 13.0 Å². The van der Waals surface area contributed by atoms with Gasteiger partial charge in [0.1, 0.15) is 11.6 Å². The standard InChI is InChI=1S/C11H11Cl2FN2/c1-2-16-10-6-8(14)7(13)5-9(10)15-11(16)3-4-12/h5-6H,2-4H2,1H3. The Bertz CT molecular complexity index is 522. The lowest BCUT2D eigenvalue weighted by Gasteiger charge is -2.04. The Kier molecular flexibility index (Phi) is 3.36. The second-order valence-corrected chi connectivity index (χ2v) is 4.25. The highest BCUT2D eigenvalue weighted by atomic mass is 35.5. The fraction of sp³-hybridized carbons (Fsp3) is 0.364. The third-order valence-corrected chi connectivity index (χ3v) is 2.98. The molecule has 2 aromatic rings. The Labute approximate surface area is 103 Å². The van der Waals surface area contributed by atoms with Gasteiger partial charge in [-0.1, -0.05) is 11.6 Å². The summed E-state index contributed by atoms with van der Waals surface area (Å²) in [4.78, 5) is 4.40. The predicted molar refractivity (Wildman–Crippen MR) is 64.8 cm³/mol. The first kappa shape index (κ1) is 11.7. The maximum atomic E-state index is 13.4. The smallest absolute Gasteiger partial charge is 0.144 e. The van der Waals surface area contributed by atoms with Crippen molar-refractivity contribution in [2.45, 2.75) is 19.9 Å². The molecule has 0 spiro atoms. The number of nitrogens with zero attached hydrogens (tertiary/aromatic N) is 2. The first-order valence-electron chi connectivity index (χ1n) is 5.07. The van der Waals surface area contributed by atoms with Crippen LogP contribution in [0.25, 0.3) is 11.0 Å². The average molecular weight is 261 g/mol. The molecule has 2 rings (SSSR count). The molecule has 1 heterocycles. The van der Waals surface area contributed by atoms with Gasteiger partial charge < -0.3 is 4.57 Å². The summed E-state index contributed by atoms with van der Waals surface area (Å²) >= 11 is 11.4. The third-order valence-electron chi connectivity index (χ3n) is 2.50. The molecule has 0 radical (unpaired) electrons. The number of hydrogen-bond acceptors (Lipinski definition) is 1. The SMILES string of the molecule is CCn1c(CCCl)nc2cc(Cl)c(F)cc21. The summed E-state index contributed by atoms with van der Waals surface area (Å²) in [5.74, 6) is 0.954. The number of imidazole rings is 1. The molecule has 1 aromatic heterocycles. The fourth-order valence-corrected chi connectivity index (χ4v) is 2.13. The molecule has 0 N–H and O–H groups in total. The van der Waals surface area contributed by atoms with Crippen molar-refractivity contribution in [1.29, 1.82) is 0 Å². The van der Waals surface area contributed by atoms with Gasteiger partial charge in [-0.3, -0.25) is 0 Å². The highest BCUT2D eigenvalue weighted by Crippen LogP contribution is 2.24. The molecular formula is C11H11Cl2FN2. The topological polar surface area (TPSA) is 17.8 Å². The lowest BCUT2D eigenvalue weighted by Crippen LogP contribution is -2.02. The molecule has 0 unspecified atom stereocenters. The van der Waals surface area contributed by atoms with Gasteiger partial charge in [0.15, 0.2) is 0 Å². The van der Waals surface area contributed by atoms with Gasteiger partial charge in [0.05, 0.1) is 16.1 Å². The van der Waals surface area contributed by atoms with Crippen LogP contribution >= 0.6 is 23.2 Å². The van der Waals surface area contributed by atoms with Crippen LogP contribution in [-0.4, -0.2) is 15.4 Å². The van der Waals surface area contributed by atoms with Crippen LogP contribution in [0.1, 0.15) is 12.7 Å². The summed E-state index contributed by atoms with van der Waals surface area (Å²) in [5.41, 5.74) is 1.48. The number of alkyl halides is 1. The minimum Gasteiger partial charge on any atom is -0.328 e. The molecule has 0 aliphatic carbocycles. The summed E-state index contributed by atoms with van der Waals surface area (Å²) in [6.07, 6.45) is 0.670. The largest absolute Gasteiger partial charge is 0.328 e. The van der Waals surface area contributed by atoms with Gasteiger partial charge in [-0.25, -0.2) is 9.37 Å². The second kappa shape index (κ2) is 4.60. The van der Waals surface area contributed by atoms with E-state index in [4.69, 9.17) is 23.2 Å². The molecule has 0 aliphatic heterocycles. The van der Waals surface area contributed by atoms with E-state index < -0.39 is 5.82 Å². The maximum absolute atomic E-state index is 13.4. The van der Waals surface area contributed by atoms with Crippen molar-refractivity contribution in [3.8, 4) is 0 Å². The normalized spacial score (nSPS) is 11.2. The van der Waals surface area contributed by atoms with Crippen LogP contribution in [0.2, 0.25) is 5.02 Å². The molecule has 2 nitrogen and oxygen atoms in total. The molecule has 0 saturated carbocycles. The Morgan fingerprint density at radius 3 is 2.81 bits per heavy atom. The van der Waals surface area contributed by atoms with Crippen LogP contribution in [0.3, 0.4) is 0 Å². The van der Waals surface area contributed by atoms with Gasteiger partial charge in [0.25, 0.3) is 0 Å². The maximum Gasteiger partial charge on any atom is 0.144 e. The molecular weight excluding hydrogens is 250 g/mol. The lowest BCUT2D eigenvalue weighted by atomic mass is 10.3. The zero-order valence-corrected chi connectivity index (χ0v) is 10.3. The highest BCUT2D eigenvalue weighted by Gasteiger charge is 2.11. The number of halogens is 3. The number of fused-ring (bicyclic) bond motifs is 1. The highest BCUT2D eigenvalue weighted by molar-refractivity contribution is 6.31. The van der Waals surface area contributed by atoms with E-state index in [0.717, 1.165) is 17.9 Å². The van der Waals surface area contributed by atoms with Crippen LogP contribution in [0, 0.1) is 5.82 Å². The van der Waals surface area contributed by atoms with Gasteiger partial charge in [0, 0.05) is 24.9 Å². The Hall–Kier alpha value is -0.800. The molecule has 1 aromatic carbocycles. The summed E-state index contributed by atoms with van der Waals surface area (Å²) < 4.78 is 15.3. The second-order valence-electron chi connectivity index (χ2n) is 3.47. The molecule has 0 amide bonds. The van der Waals surface area contributed by atoms with E-state index in [-0.39, 0.29) is 5.02 Å². The zero-order valence-electron chi connectivity index (χ0n) is 8.80. The summed E-state index contributed by atoms with van der Waals surface area (Å²) in [6, 6.07) is 2.97. The van der Waals surface area contributed by atoms with Crippen molar-refractivity contribution in [2.75, 3.05) is 5.88 Å². The first-order valence-corrected chi connectivity index (χ1v) is 5.98. The number of hydrogen-bond donors (Lipinski definition) is 0. The fourth-order valence-electron chi connectivity index (χ4n) is 1.80. The van der Waals surface area contributed by atoms with E-state index in [0.29, 0.717) is 17.8 Å². The molecule has 0 saturated heterocycles. The van der Waals surface area contributed by atoms with E-state index in [1.807, 2.05) is 11.5 Å². The Morgan fingerprint density at radius 2 is 2.19 bits per heavy atom. The van der Waals surface area contributed by atoms with Gasteiger partial charge in [0.2, 0.25) is 0 Å². The first-order chi connectivity index (χ1) is 7.67. The van der Waals surface area contributed by atoms with Crippen molar-refractivity contribution in [1.82, 2.24) is 9.55 Å². The number of aryl methyl sites for hydroxylation is 2. The average Bonchev–Trinajstić information content (AvgIpc) is 2.56. The summed E-state index contributed by atoms with van der Waals surface area (Å²) in [7, 11) is 0. The van der Waals surface area contributed by atoms with E-state index in [2.05, 4.69) is 4.98 Å². The molecule has 86 valence electrons. The minimum atomic E-state index is -0.416. The van der Waals surface area contributed by atoms with Crippen LogP contribution in [0.4, 0.5) is 4.39 Å². The summed E-state index contributed by atoms with van der Waals surface area (Å²) in [5, 5.41) is 0.102. The van der Waals surface area contributed by atoms with Crippen molar-refractivity contribution in [3.05, 3.63) is 28.8 Å². The lowest BCUT2D eigenvalue weighted by molar-refractivity contribution is 0.628. The van der Waals surface area contributed by atoms with Crippen molar-refractivity contribution in [3.63, 3.8) is 0 Å². The Balaban J connectivity index is 2.67. The van der Waals surface area contributed by atoms with Crippen LogP contribution < -0.4 is 0 Å². The molecule has 16 heavy (non-hydrogen) atoms. The quantitative estimate of drug-likeness (QED) is 0.771. The van der Waals surface area contributed by atoms with Gasteiger partial charge in [-0.05, 0) is 13.0 Å². The molecule has 0 fully saturated rings. The van der Waals surface area contributed by atoms with Gasteiger partial charge in [-0.15, -0.1) is 11.6 Å². The third kappa shape index (κ3) is 1.89. The van der Waals surface area contributed by atoms with Crippen LogP contribution in [0.15, 0.2) is 12.1 Å². The zero-order chi connectivity index (χ0) is 11.7. The molecule has 5 heteroatoms. The molecule has 0 atom stereocenters. The Morgan fingerprint density at radius 1 is 1.44 bits per heavy atom. The van der Waals surface area contributed by atoms with Crippen LogP contribution in [0.5, 0.6) is 0 Å². The van der Waals surface area contributed by atoms with E-state index >= 15 is 0 Å². The van der Waals surface area contributed by atoms with E-state index in [9.17, 15) is 4.39 Å². The van der Waals surface area contributed by atoms with Gasteiger partial charge >= 0.3 is 0 Å². The molecule has 0 bridgehead atoms. The number of benzene rings is 1. The number of aromatic nitrogens is 2. The minimum absolute atomic E-state index is 0.102. The monoisotopic (exact) mass is 260 g/mol. The van der Waals surface area contributed by atoms with Crippen molar-refractivity contribution in [2.24, 2.45) is 0 Å². The number of rotatable bonds is 3. The van der Waals surface area contributed by atoms with Crippen molar-refractivity contribution >= 4 is 34.2 Å².